The van der Waals surface area contributed by atoms with Crippen molar-refractivity contribution in [3.05, 3.63) is 53.6 Å². The molecule has 0 aliphatic rings. The van der Waals surface area contributed by atoms with Gasteiger partial charge in [0.15, 0.2) is 17.5 Å². The van der Waals surface area contributed by atoms with E-state index in [1.807, 2.05) is 0 Å². The molecule has 4 amide bonds. The molecule has 0 saturated carbocycles. The second-order valence-electron chi connectivity index (χ2n) is 9.98. The fraction of sp³-hybridized carbons (Fsp3) is 0.414. The number of rotatable bonds is 18. The molecule has 15 nitrogen and oxygen atoms in total. The molecular weight excluding hydrogens is 572 g/mol. The molecule has 0 aliphatic carbocycles. The van der Waals surface area contributed by atoms with Gasteiger partial charge in [-0.15, -0.1) is 0 Å². The highest BCUT2D eigenvalue weighted by Crippen LogP contribution is 2.28. The standard InChI is InChI=1S/C29H42N8O7/c1-43-23-10-7-18(16-24(23)44-2)15-22(27(41)34-13-11-25(31)39)37-28(42)21(4-3-12-35-29(32)33)36-26(40)20(30)14-17-5-8-19(38)9-6-17/h5-10,16,20-22,38H,3-4,11-15,30H2,1-2H3,(H2,31,39)(H,34,41)(H,36,40)(H,37,42)(H4,32,33,35)/t20?,21-,22?/m1/s1. The molecule has 0 saturated heterocycles. The minimum atomic E-state index is -1.10. The lowest BCUT2D eigenvalue weighted by Crippen LogP contribution is -2.56. The minimum Gasteiger partial charge on any atom is -0.508 e. The fourth-order valence-electron chi connectivity index (χ4n) is 4.21. The molecule has 0 bridgehead atoms. The molecule has 15 heteroatoms. The predicted molar refractivity (Wildman–Crippen MR) is 163 cm³/mol. The van der Waals surface area contributed by atoms with Crippen LogP contribution in [-0.2, 0) is 32.0 Å². The van der Waals surface area contributed by atoms with E-state index < -0.39 is 41.8 Å². The fourth-order valence-corrected chi connectivity index (χ4v) is 4.21. The average molecular weight is 615 g/mol. The van der Waals surface area contributed by atoms with E-state index in [1.165, 1.54) is 26.4 Å². The Labute approximate surface area is 255 Å². The van der Waals surface area contributed by atoms with Crippen molar-refractivity contribution in [3.8, 4) is 17.2 Å². The van der Waals surface area contributed by atoms with Crippen molar-refractivity contribution in [2.45, 2.75) is 50.2 Å². The van der Waals surface area contributed by atoms with Crippen LogP contribution in [0.1, 0.15) is 30.4 Å². The summed E-state index contributed by atoms with van der Waals surface area (Å²) < 4.78 is 10.6. The van der Waals surface area contributed by atoms with Gasteiger partial charge in [-0.3, -0.25) is 24.6 Å². The van der Waals surface area contributed by atoms with Crippen molar-refractivity contribution in [1.29, 1.82) is 5.41 Å². The zero-order chi connectivity index (χ0) is 32.6. The first-order chi connectivity index (χ1) is 20.9. The Hall–Kier alpha value is -5.05. The first-order valence-corrected chi connectivity index (χ1v) is 13.9. The van der Waals surface area contributed by atoms with E-state index in [0.717, 1.165) is 0 Å². The van der Waals surface area contributed by atoms with Crippen LogP contribution < -0.4 is 47.9 Å². The first-order valence-electron chi connectivity index (χ1n) is 13.9. The Morgan fingerprint density at radius 2 is 1.45 bits per heavy atom. The SMILES string of the molecule is COc1ccc(CC(NC(=O)[C@@H](CCCNC(=N)N)NC(=O)C(N)Cc2ccc(O)cc2)C(=O)NCCC(N)=O)cc1OC. The van der Waals surface area contributed by atoms with Crippen LogP contribution in [0, 0.1) is 5.41 Å². The van der Waals surface area contributed by atoms with E-state index in [2.05, 4.69) is 21.3 Å². The number of aromatic hydroxyl groups is 1. The summed E-state index contributed by atoms with van der Waals surface area (Å²) in [5.41, 5.74) is 18.0. The molecule has 0 fully saturated rings. The molecule has 2 unspecified atom stereocenters. The Bertz CT molecular complexity index is 1290. The number of benzene rings is 2. The number of nitrogens with two attached hydrogens (primary N) is 3. The van der Waals surface area contributed by atoms with Gasteiger partial charge in [0.25, 0.3) is 0 Å². The third-order valence-electron chi connectivity index (χ3n) is 6.54. The van der Waals surface area contributed by atoms with E-state index in [4.69, 9.17) is 32.1 Å². The van der Waals surface area contributed by atoms with Gasteiger partial charge in [0.05, 0.1) is 20.3 Å². The minimum absolute atomic E-state index is 0.0323. The van der Waals surface area contributed by atoms with Gasteiger partial charge in [0.1, 0.15) is 17.8 Å². The number of guanidine groups is 1. The lowest BCUT2D eigenvalue weighted by atomic mass is 10.0. The quantitative estimate of drug-likeness (QED) is 0.0547. The summed E-state index contributed by atoms with van der Waals surface area (Å²) in [6.07, 6.45) is 0.577. The van der Waals surface area contributed by atoms with Crippen molar-refractivity contribution in [2.75, 3.05) is 27.3 Å². The van der Waals surface area contributed by atoms with E-state index in [-0.39, 0.29) is 50.5 Å². The molecule has 2 rings (SSSR count). The van der Waals surface area contributed by atoms with E-state index in [1.54, 1.807) is 30.3 Å². The maximum atomic E-state index is 13.6. The summed E-state index contributed by atoms with van der Waals surface area (Å²) in [6.45, 7) is 0.229. The van der Waals surface area contributed by atoms with Gasteiger partial charge >= 0.3 is 0 Å². The smallest absolute Gasteiger partial charge is 0.243 e. The van der Waals surface area contributed by atoms with Crippen LogP contribution in [0.4, 0.5) is 0 Å². The van der Waals surface area contributed by atoms with Crippen molar-refractivity contribution in [3.63, 3.8) is 0 Å². The normalized spacial score (nSPS) is 12.6. The number of nitrogens with one attached hydrogen (secondary N) is 5. The largest absolute Gasteiger partial charge is 0.508 e. The van der Waals surface area contributed by atoms with Crippen molar-refractivity contribution < 1.29 is 33.8 Å². The topological polar surface area (TPSA) is 257 Å². The second kappa shape index (κ2) is 17.8. The lowest BCUT2D eigenvalue weighted by molar-refractivity contribution is -0.132. The molecule has 0 radical (unpaired) electrons. The van der Waals surface area contributed by atoms with Crippen LogP contribution in [0.15, 0.2) is 42.5 Å². The van der Waals surface area contributed by atoms with Crippen molar-refractivity contribution in [2.24, 2.45) is 17.2 Å². The highest BCUT2D eigenvalue weighted by molar-refractivity contribution is 5.93. The molecule has 0 spiro atoms. The molecular formula is C29H42N8O7. The number of primary amides is 1. The van der Waals surface area contributed by atoms with Crippen molar-refractivity contribution in [1.82, 2.24) is 21.3 Å². The number of phenols is 1. The number of hydrogen-bond acceptors (Lipinski definition) is 9. The van der Waals surface area contributed by atoms with Crippen LogP contribution in [-0.4, -0.2) is 80.1 Å². The molecule has 2 aromatic carbocycles. The lowest BCUT2D eigenvalue weighted by Gasteiger charge is -2.25. The molecule has 0 aromatic heterocycles. The molecule has 44 heavy (non-hydrogen) atoms. The third kappa shape index (κ3) is 12.1. The Morgan fingerprint density at radius 3 is 2.07 bits per heavy atom. The maximum absolute atomic E-state index is 13.6. The summed E-state index contributed by atoms with van der Waals surface area (Å²) in [7, 11) is 2.96. The number of hydrogen-bond donors (Lipinski definition) is 9. The first kappa shape index (κ1) is 35.1. The zero-order valence-corrected chi connectivity index (χ0v) is 24.9. The third-order valence-corrected chi connectivity index (χ3v) is 6.54. The van der Waals surface area contributed by atoms with Crippen LogP contribution in [0.2, 0.25) is 0 Å². The van der Waals surface area contributed by atoms with E-state index in [0.29, 0.717) is 29.0 Å². The van der Waals surface area contributed by atoms with Gasteiger partial charge in [-0.1, -0.05) is 18.2 Å². The van der Waals surface area contributed by atoms with Crippen LogP contribution >= 0.6 is 0 Å². The molecule has 240 valence electrons. The zero-order valence-electron chi connectivity index (χ0n) is 24.9. The van der Waals surface area contributed by atoms with Crippen LogP contribution in [0.5, 0.6) is 17.2 Å². The summed E-state index contributed by atoms with van der Waals surface area (Å²) in [4.78, 5) is 50.9. The van der Waals surface area contributed by atoms with Gasteiger partial charge in [-0.25, -0.2) is 0 Å². The summed E-state index contributed by atoms with van der Waals surface area (Å²) in [5.74, 6) is -1.67. The predicted octanol–water partition coefficient (Wildman–Crippen LogP) is -1.25. The number of carbonyl (C=O) groups excluding carboxylic acids is 4. The van der Waals surface area contributed by atoms with Gasteiger partial charge < -0.3 is 53.0 Å². The summed E-state index contributed by atoms with van der Waals surface area (Å²) in [6, 6.07) is 8.07. The second-order valence-corrected chi connectivity index (χ2v) is 9.98. The average Bonchev–Trinajstić information content (AvgIpc) is 2.98. The number of ether oxygens (including phenoxy) is 2. The highest BCUT2D eigenvalue weighted by atomic mass is 16.5. The van der Waals surface area contributed by atoms with Gasteiger partial charge in [0, 0.05) is 25.9 Å². The van der Waals surface area contributed by atoms with Crippen molar-refractivity contribution >= 4 is 29.6 Å². The van der Waals surface area contributed by atoms with E-state index in [9.17, 15) is 24.3 Å². The van der Waals surface area contributed by atoms with Gasteiger partial charge in [-0.05, 0) is 54.7 Å². The summed E-state index contributed by atoms with van der Waals surface area (Å²) >= 11 is 0. The molecule has 0 aliphatic heterocycles. The van der Waals surface area contributed by atoms with E-state index >= 15 is 0 Å². The maximum Gasteiger partial charge on any atom is 0.243 e. The van der Waals surface area contributed by atoms with Crippen LogP contribution in [0.25, 0.3) is 0 Å². The molecule has 3 atom stereocenters. The van der Waals surface area contributed by atoms with Gasteiger partial charge in [0.2, 0.25) is 23.6 Å². The molecule has 2 aromatic rings. The highest BCUT2D eigenvalue weighted by Gasteiger charge is 2.28. The summed E-state index contributed by atoms with van der Waals surface area (Å²) in [5, 5.41) is 27.5. The monoisotopic (exact) mass is 614 g/mol. The number of carbonyl (C=O) groups is 4. The Morgan fingerprint density at radius 1 is 0.818 bits per heavy atom. The van der Waals surface area contributed by atoms with Crippen LogP contribution in [0.3, 0.4) is 0 Å². The molecule has 12 N–H and O–H groups in total. The van der Waals surface area contributed by atoms with Gasteiger partial charge in [-0.2, -0.15) is 0 Å². The molecule has 0 heterocycles. The Kier molecular flexibility index (Phi) is 14.2. The number of methoxy groups -OCH3 is 2. The number of phenolic OH excluding ortho intramolecular Hbond substituents is 1. The Balaban J connectivity index is 2.24. The number of amides is 4.